The van der Waals surface area contributed by atoms with E-state index in [4.69, 9.17) is 30.1 Å². The molecular formula is C42H79N9O12S. The Labute approximate surface area is 384 Å². The molecule has 0 aliphatic carbocycles. The van der Waals surface area contributed by atoms with Crippen molar-refractivity contribution in [3.05, 3.63) is 0 Å². The fourth-order valence-electron chi connectivity index (χ4n) is 5.27. The van der Waals surface area contributed by atoms with E-state index in [0.717, 1.165) is 30.0 Å². The molecular weight excluding hydrogens is 855 g/mol. The minimum atomic E-state index is -0.928. The SMILES string of the molecule is CC.CC=N.CCCCSC1CC(=O)N(CCC(=O)NCCCCC(NC(=O)CCC(=O)NCCOCCOCCNC(=O)CCC(=O)NCCOCCOCCNC)C(N)=O)C1=O. The molecule has 2 atom stereocenters. The Morgan fingerprint density at radius 1 is 0.703 bits per heavy atom. The largest absolute Gasteiger partial charge is 0.378 e. The van der Waals surface area contributed by atoms with Crippen molar-refractivity contribution in [2.45, 2.75) is 110 Å². The monoisotopic (exact) mass is 934 g/mol. The zero-order valence-corrected chi connectivity index (χ0v) is 39.8. The molecule has 1 fully saturated rings. The molecule has 1 rings (SSSR count). The summed E-state index contributed by atoms with van der Waals surface area (Å²) in [6.07, 6.45) is 4.52. The van der Waals surface area contributed by atoms with Gasteiger partial charge in [0.15, 0.2) is 0 Å². The van der Waals surface area contributed by atoms with Gasteiger partial charge in [-0.25, -0.2) is 0 Å². The van der Waals surface area contributed by atoms with E-state index in [0.29, 0.717) is 52.4 Å². The molecule has 370 valence electrons. The number of amides is 8. The third kappa shape index (κ3) is 36.2. The summed E-state index contributed by atoms with van der Waals surface area (Å²) in [5.74, 6) is -2.05. The Hall–Kier alpha value is -4.22. The summed E-state index contributed by atoms with van der Waals surface area (Å²) in [7, 11) is 1.85. The van der Waals surface area contributed by atoms with E-state index < -0.39 is 17.9 Å². The molecule has 9 N–H and O–H groups in total. The quantitative estimate of drug-likeness (QED) is 0.0233. The molecule has 0 spiro atoms. The third-order valence-corrected chi connectivity index (χ3v) is 9.90. The fraction of sp³-hybridized carbons (Fsp3) is 0.786. The first kappa shape index (κ1) is 61.9. The Balaban J connectivity index is 0. The number of imide groups is 1. The molecule has 0 aromatic heterocycles. The normalized spacial score (nSPS) is 13.4. The second kappa shape index (κ2) is 44.0. The van der Waals surface area contributed by atoms with Crippen LogP contribution in [0.1, 0.15) is 98.3 Å². The number of hydrogen-bond acceptors (Lipinski definition) is 15. The van der Waals surface area contributed by atoms with Gasteiger partial charge in [0.25, 0.3) is 0 Å². The number of nitrogens with zero attached hydrogens (tertiary/aromatic N) is 1. The van der Waals surface area contributed by atoms with E-state index in [1.54, 1.807) is 6.92 Å². The van der Waals surface area contributed by atoms with Crippen LogP contribution in [0.2, 0.25) is 0 Å². The third-order valence-electron chi connectivity index (χ3n) is 8.61. The molecule has 21 nitrogen and oxygen atoms in total. The van der Waals surface area contributed by atoms with E-state index in [1.165, 1.54) is 18.0 Å². The van der Waals surface area contributed by atoms with Crippen molar-refractivity contribution >= 4 is 65.2 Å². The van der Waals surface area contributed by atoms with Crippen molar-refractivity contribution in [3.63, 3.8) is 0 Å². The maximum Gasteiger partial charge on any atom is 0.242 e. The van der Waals surface area contributed by atoms with Crippen LogP contribution in [-0.2, 0) is 57.3 Å². The number of unbranched alkanes of at least 4 members (excludes halogenated alkanes) is 2. The molecule has 1 saturated heterocycles. The number of nitrogens with one attached hydrogen (secondary N) is 7. The van der Waals surface area contributed by atoms with Crippen LogP contribution in [0.5, 0.6) is 0 Å². The molecule has 0 aromatic carbocycles. The number of ether oxygens (including phenoxy) is 4. The number of likely N-dealkylation sites (tertiary alicyclic amines) is 1. The van der Waals surface area contributed by atoms with Gasteiger partial charge >= 0.3 is 0 Å². The van der Waals surface area contributed by atoms with Crippen LogP contribution in [0.3, 0.4) is 0 Å². The standard InChI is InChI=1S/C38H68N8O12S.C2H5N.C2H6/c1-3-4-27-59-30-28-36(52)46(38(30)54)18-12-34(50)41-13-6-5-7-29(37(39)53)45-35(51)11-10-33(49)44-17-22-58-26-25-57-21-16-43-32(48)9-8-31(47)42-15-20-56-24-23-55-19-14-40-2;1-2-3;1-2/h29-30,40H,3-28H2,1-2H3,(H2,39,53)(H,41,50)(H,42,47)(H,43,48)(H,44,49)(H,45,51);2-3H,1H3;1-2H3. The number of carbonyl (C=O) groups is 8. The van der Waals surface area contributed by atoms with Gasteiger partial charge in [-0.3, -0.25) is 43.3 Å². The lowest BCUT2D eigenvalue weighted by atomic mass is 10.1. The van der Waals surface area contributed by atoms with E-state index >= 15 is 0 Å². The highest BCUT2D eigenvalue weighted by Gasteiger charge is 2.38. The molecule has 1 aliphatic rings. The van der Waals surface area contributed by atoms with Crippen LogP contribution in [-0.4, -0.2) is 175 Å². The Kier molecular flexibility index (Phi) is 42.5. The highest BCUT2D eigenvalue weighted by atomic mass is 32.2. The van der Waals surface area contributed by atoms with E-state index in [-0.39, 0.29) is 132 Å². The number of carbonyl (C=O) groups excluding carboxylic acids is 8. The van der Waals surface area contributed by atoms with Crippen LogP contribution in [0.15, 0.2) is 0 Å². The van der Waals surface area contributed by atoms with E-state index in [2.05, 4.69) is 38.8 Å². The molecule has 1 heterocycles. The lowest BCUT2D eigenvalue weighted by Gasteiger charge is -2.16. The molecule has 22 heteroatoms. The van der Waals surface area contributed by atoms with Crippen LogP contribution in [0, 0.1) is 5.41 Å². The Morgan fingerprint density at radius 3 is 1.59 bits per heavy atom. The summed E-state index contributed by atoms with van der Waals surface area (Å²) in [5.41, 5.74) is 5.45. The number of rotatable bonds is 38. The summed E-state index contributed by atoms with van der Waals surface area (Å²) in [6, 6.07) is -0.928. The van der Waals surface area contributed by atoms with Gasteiger partial charge in [0.1, 0.15) is 6.04 Å². The zero-order valence-electron chi connectivity index (χ0n) is 38.9. The van der Waals surface area contributed by atoms with Crippen LogP contribution < -0.4 is 37.6 Å². The van der Waals surface area contributed by atoms with Gasteiger partial charge in [0, 0.05) is 77.8 Å². The Morgan fingerprint density at radius 2 is 1.14 bits per heavy atom. The van der Waals surface area contributed by atoms with Crippen molar-refractivity contribution in [2.75, 3.05) is 105 Å². The summed E-state index contributed by atoms with van der Waals surface area (Å²) in [6.45, 7) is 12.6. The van der Waals surface area contributed by atoms with Crippen molar-refractivity contribution in [2.24, 2.45) is 5.73 Å². The first-order chi connectivity index (χ1) is 30.9. The van der Waals surface area contributed by atoms with Gasteiger partial charge in [0.05, 0.1) is 58.1 Å². The molecule has 2 unspecified atom stereocenters. The van der Waals surface area contributed by atoms with E-state index in [9.17, 15) is 38.4 Å². The zero-order chi connectivity index (χ0) is 48.2. The first-order valence-corrected chi connectivity index (χ1v) is 23.5. The smallest absolute Gasteiger partial charge is 0.242 e. The maximum atomic E-state index is 12.5. The van der Waals surface area contributed by atoms with Crippen molar-refractivity contribution in [1.82, 2.24) is 36.8 Å². The summed E-state index contributed by atoms with van der Waals surface area (Å²) in [5, 5.41) is 22.0. The van der Waals surface area contributed by atoms with Gasteiger partial charge in [-0.15, -0.1) is 11.8 Å². The topological polar surface area (TPSA) is 299 Å². The van der Waals surface area contributed by atoms with Crippen LogP contribution >= 0.6 is 11.8 Å². The number of thioether (sulfide) groups is 1. The molecule has 1 aliphatic heterocycles. The summed E-state index contributed by atoms with van der Waals surface area (Å²) < 4.78 is 21.5. The predicted octanol–water partition coefficient (Wildman–Crippen LogP) is 0.171. The summed E-state index contributed by atoms with van der Waals surface area (Å²) >= 11 is 1.49. The number of primary amides is 1. The lowest BCUT2D eigenvalue weighted by molar-refractivity contribution is -0.138. The average molecular weight is 934 g/mol. The minimum absolute atomic E-state index is 0.00275. The number of nitrogens with two attached hydrogens (primary N) is 1. The highest BCUT2D eigenvalue weighted by molar-refractivity contribution is 8.00. The second-order valence-corrected chi connectivity index (χ2v) is 15.1. The van der Waals surface area contributed by atoms with Gasteiger partial charge in [-0.05, 0) is 51.6 Å². The highest BCUT2D eigenvalue weighted by Crippen LogP contribution is 2.26. The van der Waals surface area contributed by atoms with Crippen molar-refractivity contribution in [1.29, 1.82) is 5.41 Å². The molecule has 64 heavy (non-hydrogen) atoms. The molecule has 0 aromatic rings. The van der Waals surface area contributed by atoms with Crippen molar-refractivity contribution in [3.8, 4) is 0 Å². The molecule has 0 bridgehead atoms. The first-order valence-electron chi connectivity index (χ1n) is 22.4. The second-order valence-electron chi connectivity index (χ2n) is 13.8. The van der Waals surface area contributed by atoms with Crippen molar-refractivity contribution < 1.29 is 57.3 Å². The average Bonchev–Trinajstić information content (AvgIpc) is 3.54. The van der Waals surface area contributed by atoms with Gasteiger partial charge in [-0.1, -0.05) is 27.2 Å². The molecule has 0 radical (unpaired) electrons. The van der Waals surface area contributed by atoms with E-state index in [1.807, 2.05) is 20.9 Å². The number of likely N-dealkylation sites (N-methyl/N-ethyl adjacent to an activating group) is 1. The fourth-order valence-corrected chi connectivity index (χ4v) is 6.54. The van der Waals surface area contributed by atoms with Gasteiger partial charge in [-0.2, -0.15) is 0 Å². The van der Waals surface area contributed by atoms with Crippen LogP contribution in [0.25, 0.3) is 0 Å². The lowest BCUT2D eigenvalue weighted by Crippen LogP contribution is -2.44. The predicted molar refractivity (Wildman–Crippen MR) is 246 cm³/mol. The summed E-state index contributed by atoms with van der Waals surface area (Å²) in [4.78, 5) is 98.4. The Bertz CT molecular complexity index is 1330. The molecule has 0 saturated carbocycles. The number of hydrogen-bond donors (Lipinski definition) is 8. The maximum absolute atomic E-state index is 12.5. The minimum Gasteiger partial charge on any atom is -0.378 e. The van der Waals surface area contributed by atoms with Gasteiger partial charge in [0.2, 0.25) is 47.3 Å². The van der Waals surface area contributed by atoms with Crippen LogP contribution in [0.4, 0.5) is 0 Å². The molecule has 8 amide bonds. The van der Waals surface area contributed by atoms with Gasteiger partial charge < -0.3 is 62.0 Å².